The van der Waals surface area contributed by atoms with Crippen molar-refractivity contribution >= 4 is 0 Å². The minimum atomic E-state index is -0.567. The maximum atomic E-state index is 13.2. The monoisotopic (exact) mass is 293 g/mol. The van der Waals surface area contributed by atoms with E-state index in [0.29, 0.717) is 18.5 Å². The molecule has 1 unspecified atom stereocenters. The molecule has 1 N–H and O–H groups in total. The van der Waals surface area contributed by atoms with Crippen LogP contribution in [0.4, 0.5) is 13.2 Å². The van der Waals surface area contributed by atoms with Crippen LogP contribution in [0.15, 0.2) is 42.5 Å². The fraction of sp³-hybridized carbons (Fsp3) is 0.294. The van der Waals surface area contributed by atoms with E-state index in [9.17, 15) is 13.2 Å². The van der Waals surface area contributed by atoms with Crippen molar-refractivity contribution in [2.75, 3.05) is 6.54 Å². The van der Waals surface area contributed by atoms with E-state index in [-0.39, 0.29) is 11.9 Å². The zero-order chi connectivity index (χ0) is 15.2. The Morgan fingerprint density at radius 2 is 1.67 bits per heavy atom. The Bertz CT molecular complexity index is 578. The average Bonchev–Trinajstić information content (AvgIpc) is 2.42. The van der Waals surface area contributed by atoms with E-state index in [4.69, 9.17) is 0 Å². The van der Waals surface area contributed by atoms with Gasteiger partial charge in [0.25, 0.3) is 0 Å². The Labute approximate surface area is 122 Å². The van der Waals surface area contributed by atoms with Crippen LogP contribution in [0.1, 0.15) is 30.5 Å². The molecule has 0 aliphatic rings. The van der Waals surface area contributed by atoms with E-state index >= 15 is 0 Å². The minimum Gasteiger partial charge on any atom is -0.310 e. The average molecular weight is 293 g/mol. The molecule has 21 heavy (non-hydrogen) atoms. The first-order valence-electron chi connectivity index (χ1n) is 7.02. The topological polar surface area (TPSA) is 12.0 Å². The first kappa shape index (κ1) is 15.6. The molecule has 0 radical (unpaired) electrons. The summed E-state index contributed by atoms with van der Waals surface area (Å²) in [4.78, 5) is 0. The molecular weight excluding hydrogens is 275 g/mol. The van der Waals surface area contributed by atoms with E-state index in [1.807, 2.05) is 13.0 Å². The highest BCUT2D eigenvalue weighted by Gasteiger charge is 2.09. The molecule has 0 aliphatic heterocycles. The van der Waals surface area contributed by atoms with E-state index in [1.165, 1.54) is 24.3 Å². The second kappa shape index (κ2) is 7.27. The molecule has 0 heterocycles. The van der Waals surface area contributed by atoms with Crippen LogP contribution in [0.2, 0.25) is 0 Å². The maximum absolute atomic E-state index is 13.2. The van der Waals surface area contributed by atoms with Gasteiger partial charge >= 0.3 is 0 Å². The molecule has 2 aromatic rings. The molecule has 0 amide bonds. The second-order valence-corrected chi connectivity index (χ2v) is 5.00. The molecule has 2 rings (SSSR count). The zero-order valence-electron chi connectivity index (χ0n) is 11.9. The van der Waals surface area contributed by atoms with Gasteiger partial charge in [0.05, 0.1) is 0 Å². The molecule has 1 nitrogen and oxygen atoms in total. The van der Waals surface area contributed by atoms with Crippen molar-refractivity contribution in [2.24, 2.45) is 0 Å². The molecule has 0 bridgehead atoms. The van der Waals surface area contributed by atoms with E-state index in [0.717, 1.165) is 18.1 Å². The largest absolute Gasteiger partial charge is 0.310 e. The van der Waals surface area contributed by atoms with Crippen molar-refractivity contribution < 1.29 is 13.2 Å². The van der Waals surface area contributed by atoms with Gasteiger partial charge in [-0.05, 0) is 54.8 Å². The summed E-state index contributed by atoms with van der Waals surface area (Å²) in [6.45, 7) is 2.57. The zero-order valence-corrected chi connectivity index (χ0v) is 11.9. The summed E-state index contributed by atoms with van der Waals surface area (Å²) < 4.78 is 39.4. The quantitative estimate of drug-likeness (QED) is 0.833. The van der Waals surface area contributed by atoms with Gasteiger partial charge in [0, 0.05) is 12.1 Å². The highest BCUT2D eigenvalue weighted by Crippen LogP contribution is 2.17. The Morgan fingerprint density at radius 3 is 2.29 bits per heavy atom. The van der Waals surface area contributed by atoms with Gasteiger partial charge in [0.15, 0.2) is 0 Å². The number of hydrogen-bond acceptors (Lipinski definition) is 1. The Balaban J connectivity index is 1.94. The predicted octanol–water partition coefficient (Wildman–Crippen LogP) is 4.39. The van der Waals surface area contributed by atoms with Crippen LogP contribution >= 0.6 is 0 Å². The van der Waals surface area contributed by atoms with Gasteiger partial charge < -0.3 is 5.32 Å². The summed E-state index contributed by atoms with van der Waals surface area (Å²) in [5.41, 5.74) is 1.48. The van der Waals surface area contributed by atoms with Crippen LogP contribution in [0, 0.1) is 17.5 Å². The van der Waals surface area contributed by atoms with Crippen molar-refractivity contribution in [3.05, 3.63) is 71.0 Å². The third-order valence-corrected chi connectivity index (χ3v) is 3.39. The van der Waals surface area contributed by atoms with Gasteiger partial charge in [-0.3, -0.25) is 0 Å². The Hall–Kier alpha value is -1.81. The van der Waals surface area contributed by atoms with Gasteiger partial charge in [-0.15, -0.1) is 0 Å². The lowest BCUT2D eigenvalue weighted by Crippen LogP contribution is -2.23. The van der Waals surface area contributed by atoms with Crippen LogP contribution < -0.4 is 5.32 Å². The van der Waals surface area contributed by atoms with E-state index in [2.05, 4.69) is 5.32 Å². The molecule has 0 fully saturated rings. The summed E-state index contributed by atoms with van der Waals surface area (Å²) in [6.07, 6.45) is 1.32. The van der Waals surface area contributed by atoms with Gasteiger partial charge in [0.2, 0.25) is 0 Å². The number of nitrogens with one attached hydrogen (secondary N) is 1. The number of hydrogen-bond donors (Lipinski definition) is 1. The van der Waals surface area contributed by atoms with Crippen LogP contribution in [0.3, 0.4) is 0 Å². The first-order chi connectivity index (χ1) is 10.1. The fourth-order valence-electron chi connectivity index (χ4n) is 2.37. The van der Waals surface area contributed by atoms with Crippen molar-refractivity contribution in [3.63, 3.8) is 0 Å². The molecule has 0 saturated carbocycles. The second-order valence-electron chi connectivity index (χ2n) is 5.00. The van der Waals surface area contributed by atoms with Crippen LogP contribution in [0.25, 0.3) is 0 Å². The maximum Gasteiger partial charge on any atom is 0.126 e. The molecule has 4 heteroatoms. The predicted molar refractivity (Wildman–Crippen MR) is 77.5 cm³/mol. The summed E-state index contributed by atoms with van der Waals surface area (Å²) in [5.74, 6) is -1.40. The lowest BCUT2D eigenvalue weighted by molar-refractivity contribution is 0.516. The van der Waals surface area contributed by atoms with Crippen molar-refractivity contribution in [1.29, 1.82) is 0 Å². The fourth-order valence-corrected chi connectivity index (χ4v) is 2.37. The normalized spacial score (nSPS) is 12.4. The molecule has 112 valence electrons. The molecule has 0 spiro atoms. The summed E-state index contributed by atoms with van der Waals surface area (Å²) in [7, 11) is 0. The van der Waals surface area contributed by atoms with E-state index in [1.54, 1.807) is 6.07 Å². The summed E-state index contributed by atoms with van der Waals surface area (Å²) >= 11 is 0. The molecule has 0 aromatic heterocycles. The lowest BCUT2D eigenvalue weighted by Gasteiger charge is -2.17. The smallest absolute Gasteiger partial charge is 0.126 e. The first-order valence-corrected chi connectivity index (χ1v) is 7.02. The SMILES string of the molecule is CCC(NCCc1cc(F)cc(F)c1)c1cccc(F)c1. The van der Waals surface area contributed by atoms with E-state index < -0.39 is 11.6 Å². The highest BCUT2D eigenvalue weighted by molar-refractivity contribution is 5.21. The van der Waals surface area contributed by atoms with Crippen LogP contribution in [0.5, 0.6) is 0 Å². The number of benzene rings is 2. The molecule has 0 saturated heterocycles. The Kier molecular flexibility index (Phi) is 5.39. The van der Waals surface area contributed by atoms with Crippen LogP contribution in [-0.4, -0.2) is 6.54 Å². The van der Waals surface area contributed by atoms with Crippen molar-refractivity contribution in [2.45, 2.75) is 25.8 Å². The van der Waals surface area contributed by atoms with Gasteiger partial charge in [-0.1, -0.05) is 19.1 Å². The molecule has 0 aliphatic carbocycles. The third kappa shape index (κ3) is 4.60. The molecule has 1 atom stereocenters. The minimum absolute atomic E-state index is 0.0270. The highest BCUT2D eigenvalue weighted by atomic mass is 19.1. The third-order valence-electron chi connectivity index (χ3n) is 3.39. The summed E-state index contributed by atoms with van der Waals surface area (Å²) in [6, 6.07) is 10.00. The molecule has 2 aromatic carbocycles. The van der Waals surface area contributed by atoms with Gasteiger partial charge in [0.1, 0.15) is 17.5 Å². The van der Waals surface area contributed by atoms with Crippen molar-refractivity contribution in [3.8, 4) is 0 Å². The number of halogens is 3. The van der Waals surface area contributed by atoms with Crippen LogP contribution in [-0.2, 0) is 6.42 Å². The van der Waals surface area contributed by atoms with Crippen molar-refractivity contribution in [1.82, 2.24) is 5.32 Å². The lowest BCUT2D eigenvalue weighted by atomic mass is 10.0. The van der Waals surface area contributed by atoms with Gasteiger partial charge in [-0.2, -0.15) is 0 Å². The standard InChI is InChI=1S/C17H18F3N/c1-2-17(13-4-3-5-14(18)10-13)21-7-6-12-8-15(19)11-16(20)9-12/h3-5,8-11,17,21H,2,6-7H2,1H3. The summed E-state index contributed by atoms with van der Waals surface area (Å²) in [5, 5.41) is 3.29. The molecular formula is C17H18F3N. The number of rotatable bonds is 6. The Morgan fingerprint density at radius 1 is 0.952 bits per heavy atom. The van der Waals surface area contributed by atoms with Gasteiger partial charge in [-0.25, -0.2) is 13.2 Å².